The fraction of sp³-hybridized carbons (Fsp3) is 0.929. The predicted molar refractivity (Wildman–Crippen MR) is 72.0 cm³/mol. The first-order valence-electron chi connectivity index (χ1n) is 6.67. The summed E-state index contributed by atoms with van der Waals surface area (Å²) < 4.78 is 0. The summed E-state index contributed by atoms with van der Waals surface area (Å²) in [5.74, 6) is 0. The van der Waals surface area contributed by atoms with E-state index in [2.05, 4.69) is 38.3 Å². The van der Waals surface area contributed by atoms with Gasteiger partial charge in [-0.2, -0.15) is 0 Å². The Morgan fingerprint density at radius 3 is 2.00 bits per heavy atom. The molecule has 0 heterocycles. The Morgan fingerprint density at radius 1 is 1.12 bits per heavy atom. The first-order chi connectivity index (χ1) is 7.60. The number of nitrogens with one attached hydrogen (secondary N) is 2. The summed E-state index contributed by atoms with van der Waals surface area (Å²) in [5, 5.41) is 6.01. The first kappa shape index (κ1) is 14.3. The van der Waals surface area contributed by atoms with Crippen LogP contribution in [0.15, 0.2) is 0 Å². The van der Waals surface area contributed by atoms with E-state index in [0.29, 0.717) is 16.9 Å². The summed E-state index contributed by atoms with van der Waals surface area (Å²) in [4.78, 5) is 11.7. The van der Waals surface area contributed by atoms with Crippen molar-refractivity contribution in [1.82, 2.24) is 10.6 Å². The molecule has 0 aliphatic heterocycles. The molecule has 0 atom stereocenters. The molecule has 0 spiro atoms. The van der Waals surface area contributed by atoms with Gasteiger partial charge < -0.3 is 10.6 Å². The summed E-state index contributed by atoms with van der Waals surface area (Å²) >= 11 is 0. The van der Waals surface area contributed by atoms with Crippen molar-refractivity contribution < 1.29 is 4.79 Å². The van der Waals surface area contributed by atoms with Crippen molar-refractivity contribution in [3.05, 3.63) is 0 Å². The highest BCUT2D eigenvalue weighted by Crippen LogP contribution is 2.45. The topological polar surface area (TPSA) is 41.1 Å². The van der Waals surface area contributed by atoms with Crippen LogP contribution in [0.5, 0.6) is 0 Å². The van der Waals surface area contributed by atoms with Crippen LogP contribution >= 0.6 is 0 Å². The Hall–Kier alpha value is -0.730. The molecule has 2 N–H and O–H groups in total. The monoisotopic (exact) mass is 240 g/mol. The van der Waals surface area contributed by atoms with E-state index in [1.165, 1.54) is 6.42 Å². The Labute approximate surface area is 106 Å². The molecule has 3 nitrogen and oxygen atoms in total. The predicted octanol–water partition coefficient (Wildman–Crippen LogP) is 3.30. The van der Waals surface area contributed by atoms with E-state index in [0.717, 1.165) is 12.8 Å². The lowest BCUT2D eigenvalue weighted by molar-refractivity contribution is 0.0881. The van der Waals surface area contributed by atoms with Gasteiger partial charge in [-0.15, -0.1) is 0 Å². The van der Waals surface area contributed by atoms with E-state index in [9.17, 15) is 4.79 Å². The SMILES string of the molecule is CC(C)NC(=O)NC1CC(C)(C)CC(C)(C)C1. The number of rotatable bonds is 2. The molecule has 0 aromatic rings. The van der Waals surface area contributed by atoms with Crippen molar-refractivity contribution in [2.45, 2.75) is 72.9 Å². The Bertz CT molecular complexity index is 266. The molecule has 1 aliphatic carbocycles. The maximum atomic E-state index is 11.7. The van der Waals surface area contributed by atoms with Crippen LogP contribution in [0.2, 0.25) is 0 Å². The van der Waals surface area contributed by atoms with Gasteiger partial charge in [-0.25, -0.2) is 4.79 Å². The molecule has 17 heavy (non-hydrogen) atoms. The lowest BCUT2D eigenvalue weighted by Crippen LogP contribution is -2.50. The fourth-order valence-electron chi connectivity index (χ4n) is 3.44. The molecule has 0 unspecified atom stereocenters. The van der Waals surface area contributed by atoms with Gasteiger partial charge >= 0.3 is 6.03 Å². The van der Waals surface area contributed by atoms with Crippen molar-refractivity contribution in [3.63, 3.8) is 0 Å². The second kappa shape index (κ2) is 4.87. The van der Waals surface area contributed by atoms with Crippen LogP contribution in [0.1, 0.15) is 60.8 Å². The van der Waals surface area contributed by atoms with Crippen molar-refractivity contribution in [2.75, 3.05) is 0 Å². The molecule has 0 saturated heterocycles. The third-order valence-electron chi connectivity index (χ3n) is 3.31. The summed E-state index contributed by atoms with van der Waals surface area (Å²) in [5.41, 5.74) is 0.634. The molecule has 100 valence electrons. The van der Waals surface area contributed by atoms with E-state index in [4.69, 9.17) is 0 Å². The highest BCUT2D eigenvalue weighted by molar-refractivity contribution is 5.74. The minimum absolute atomic E-state index is 0.0292. The molecule has 1 saturated carbocycles. The van der Waals surface area contributed by atoms with Gasteiger partial charge in [-0.05, 0) is 43.9 Å². The van der Waals surface area contributed by atoms with Crippen LogP contribution in [0, 0.1) is 10.8 Å². The van der Waals surface area contributed by atoms with Gasteiger partial charge in [0.25, 0.3) is 0 Å². The Kier molecular flexibility index (Phi) is 4.11. The van der Waals surface area contributed by atoms with E-state index < -0.39 is 0 Å². The number of hydrogen-bond donors (Lipinski definition) is 2. The number of amides is 2. The molecule has 1 fully saturated rings. The van der Waals surface area contributed by atoms with E-state index in [1.807, 2.05) is 13.8 Å². The van der Waals surface area contributed by atoms with Gasteiger partial charge in [0.1, 0.15) is 0 Å². The molecule has 3 heteroatoms. The van der Waals surface area contributed by atoms with Gasteiger partial charge in [-0.1, -0.05) is 27.7 Å². The second-order valence-electron chi connectivity index (χ2n) is 7.38. The van der Waals surface area contributed by atoms with Crippen LogP contribution < -0.4 is 10.6 Å². The lowest BCUT2D eigenvalue weighted by atomic mass is 9.63. The van der Waals surface area contributed by atoms with Gasteiger partial charge in [0.05, 0.1) is 0 Å². The molecule has 1 aliphatic rings. The van der Waals surface area contributed by atoms with Crippen LogP contribution in [-0.4, -0.2) is 18.1 Å². The van der Waals surface area contributed by atoms with Crippen LogP contribution in [0.4, 0.5) is 4.79 Å². The van der Waals surface area contributed by atoms with Gasteiger partial charge in [-0.3, -0.25) is 0 Å². The minimum atomic E-state index is -0.0292. The first-order valence-corrected chi connectivity index (χ1v) is 6.67. The molecular formula is C14H28N2O. The zero-order chi connectivity index (χ0) is 13.3. The van der Waals surface area contributed by atoms with E-state index in [-0.39, 0.29) is 12.1 Å². The standard InChI is InChI=1S/C14H28N2O/c1-10(2)15-12(17)16-11-7-13(3,4)9-14(5,6)8-11/h10-11H,7-9H2,1-6H3,(H2,15,16,17). The largest absolute Gasteiger partial charge is 0.336 e. The van der Waals surface area contributed by atoms with Crippen molar-refractivity contribution in [3.8, 4) is 0 Å². The summed E-state index contributed by atoms with van der Waals surface area (Å²) in [6.07, 6.45) is 3.37. The molecule has 0 radical (unpaired) electrons. The van der Waals surface area contributed by atoms with Gasteiger partial charge in [0.15, 0.2) is 0 Å². The quantitative estimate of drug-likeness (QED) is 0.764. The van der Waals surface area contributed by atoms with Crippen molar-refractivity contribution in [1.29, 1.82) is 0 Å². The summed E-state index contributed by atoms with van der Waals surface area (Å²) in [7, 11) is 0. The normalized spacial score (nSPS) is 23.5. The Balaban J connectivity index is 2.56. The molecule has 2 amide bonds. The van der Waals surface area contributed by atoms with Gasteiger partial charge in [0, 0.05) is 12.1 Å². The lowest BCUT2D eigenvalue weighted by Gasteiger charge is -2.45. The average Bonchev–Trinajstić information content (AvgIpc) is 1.93. The summed E-state index contributed by atoms with van der Waals surface area (Å²) in [6.45, 7) is 13.1. The highest BCUT2D eigenvalue weighted by atomic mass is 16.2. The molecule has 0 bridgehead atoms. The molecular weight excluding hydrogens is 212 g/mol. The maximum Gasteiger partial charge on any atom is 0.315 e. The number of carbonyl (C=O) groups excluding carboxylic acids is 1. The number of urea groups is 1. The maximum absolute atomic E-state index is 11.7. The van der Waals surface area contributed by atoms with Crippen molar-refractivity contribution in [2.24, 2.45) is 10.8 Å². The van der Waals surface area contributed by atoms with Crippen LogP contribution in [-0.2, 0) is 0 Å². The summed E-state index contributed by atoms with van der Waals surface area (Å²) in [6, 6.07) is 0.464. The number of hydrogen-bond acceptors (Lipinski definition) is 1. The smallest absolute Gasteiger partial charge is 0.315 e. The van der Waals surface area contributed by atoms with Crippen LogP contribution in [0.3, 0.4) is 0 Å². The third kappa shape index (κ3) is 4.97. The third-order valence-corrected chi connectivity index (χ3v) is 3.31. The van der Waals surface area contributed by atoms with E-state index in [1.54, 1.807) is 0 Å². The highest BCUT2D eigenvalue weighted by Gasteiger charge is 2.38. The number of carbonyl (C=O) groups is 1. The van der Waals surface area contributed by atoms with Gasteiger partial charge in [0.2, 0.25) is 0 Å². The molecule has 1 rings (SSSR count). The zero-order valence-corrected chi connectivity index (χ0v) is 12.2. The molecule has 0 aromatic carbocycles. The second-order valence-corrected chi connectivity index (χ2v) is 7.38. The molecule has 0 aromatic heterocycles. The van der Waals surface area contributed by atoms with E-state index >= 15 is 0 Å². The van der Waals surface area contributed by atoms with Crippen molar-refractivity contribution >= 4 is 6.03 Å². The Morgan fingerprint density at radius 2 is 1.59 bits per heavy atom. The minimum Gasteiger partial charge on any atom is -0.336 e. The fourth-order valence-corrected chi connectivity index (χ4v) is 3.44. The van der Waals surface area contributed by atoms with Crippen LogP contribution in [0.25, 0.3) is 0 Å². The zero-order valence-electron chi connectivity index (χ0n) is 12.2. The average molecular weight is 240 g/mol.